The van der Waals surface area contributed by atoms with Crippen LogP contribution in [-0.4, -0.2) is 23.8 Å². The fourth-order valence-electron chi connectivity index (χ4n) is 1.80. The summed E-state index contributed by atoms with van der Waals surface area (Å²) in [6.07, 6.45) is 0.728. The number of primary amides is 1. The Morgan fingerprint density at radius 2 is 1.94 bits per heavy atom. The lowest BCUT2D eigenvalue weighted by atomic mass is 10.1. The van der Waals surface area contributed by atoms with E-state index in [0.717, 1.165) is 12.0 Å². The molecule has 0 aliphatic carbocycles. The number of anilines is 1. The first kappa shape index (κ1) is 14.5. The zero-order valence-electron chi connectivity index (χ0n) is 10.8. The van der Waals surface area contributed by atoms with Crippen LogP contribution in [0.2, 0.25) is 0 Å². The van der Waals surface area contributed by atoms with Crippen LogP contribution in [0.4, 0.5) is 10.5 Å². The molecule has 5 nitrogen and oxygen atoms in total. The van der Waals surface area contributed by atoms with E-state index in [2.05, 4.69) is 17.6 Å². The summed E-state index contributed by atoms with van der Waals surface area (Å²) in [6.45, 7) is 4.28. The van der Waals surface area contributed by atoms with Gasteiger partial charge in [0.25, 0.3) is 0 Å². The number of benzene rings is 1. The molecule has 0 spiro atoms. The van der Waals surface area contributed by atoms with Gasteiger partial charge in [-0.05, 0) is 38.0 Å². The first-order valence-electron chi connectivity index (χ1n) is 6.06. The Hall–Kier alpha value is -1.59. The fraction of sp³-hybridized carbons (Fsp3) is 0.462. The number of carbonyl (C=O) groups is 1. The van der Waals surface area contributed by atoms with E-state index < -0.39 is 6.03 Å². The summed E-state index contributed by atoms with van der Waals surface area (Å²) < 4.78 is 0. The molecular weight excluding hydrogens is 230 g/mol. The Morgan fingerprint density at radius 3 is 2.44 bits per heavy atom. The molecule has 0 saturated carbocycles. The molecule has 18 heavy (non-hydrogen) atoms. The maximum atomic E-state index is 10.7. The van der Waals surface area contributed by atoms with E-state index in [1.807, 2.05) is 31.2 Å². The minimum absolute atomic E-state index is 0.183. The fourth-order valence-corrected chi connectivity index (χ4v) is 1.80. The molecule has 5 N–H and O–H groups in total. The summed E-state index contributed by atoms with van der Waals surface area (Å²) >= 11 is 0. The number of rotatable bonds is 6. The van der Waals surface area contributed by atoms with Crippen molar-refractivity contribution in [2.75, 3.05) is 11.9 Å². The molecule has 0 radical (unpaired) electrons. The molecule has 0 aromatic heterocycles. The Balaban J connectivity index is 2.58. The van der Waals surface area contributed by atoms with Gasteiger partial charge in [0.05, 0.1) is 0 Å². The molecule has 0 saturated heterocycles. The third-order valence-electron chi connectivity index (χ3n) is 2.77. The molecule has 0 aliphatic rings. The number of hydrogen-bond acceptors (Lipinski definition) is 3. The molecule has 0 bridgehead atoms. The number of amides is 2. The van der Waals surface area contributed by atoms with Crippen molar-refractivity contribution in [3.05, 3.63) is 29.8 Å². The molecule has 5 heteroatoms. The molecule has 2 amide bonds. The van der Waals surface area contributed by atoms with Crippen molar-refractivity contribution in [1.82, 2.24) is 5.32 Å². The summed E-state index contributed by atoms with van der Waals surface area (Å²) in [5, 5.41) is 14.8. The second-order valence-corrected chi connectivity index (χ2v) is 4.41. The standard InChI is InChI=1S/C13H21N3O2/c1-9(7-8-17)15-10(2)11-3-5-12(6-4-11)16-13(14)18/h3-6,9-10,15,17H,7-8H2,1-2H3,(H3,14,16,18). The Bertz CT molecular complexity index is 378. The molecule has 2 unspecified atom stereocenters. The molecule has 2 atom stereocenters. The zero-order chi connectivity index (χ0) is 13.5. The SMILES string of the molecule is CC(CCO)NC(C)c1ccc(NC(N)=O)cc1. The molecule has 0 heterocycles. The normalized spacial score (nSPS) is 13.9. The predicted molar refractivity (Wildman–Crippen MR) is 72.4 cm³/mol. The first-order valence-corrected chi connectivity index (χ1v) is 6.06. The first-order chi connectivity index (χ1) is 8.52. The van der Waals surface area contributed by atoms with Gasteiger partial charge in [0.15, 0.2) is 0 Å². The molecule has 1 aromatic carbocycles. The smallest absolute Gasteiger partial charge is 0.316 e. The average molecular weight is 251 g/mol. The van der Waals surface area contributed by atoms with Gasteiger partial charge in [-0.2, -0.15) is 0 Å². The van der Waals surface area contributed by atoms with E-state index in [1.54, 1.807) is 0 Å². The van der Waals surface area contributed by atoms with Crippen LogP contribution in [0.5, 0.6) is 0 Å². The van der Waals surface area contributed by atoms with Crippen molar-refractivity contribution in [3.8, 4) is 0 Å². The van der Waals surface area contributed by atoms with E-state index in [1.165, 1.54) is 0 Å². The zero-order valence-corrected chi connectivity index (χ0v) is 10.8. The van der Waals surface area contributed by atoms with Gasteiger partial charge in [-0.3, -0.25) is 0 Å². The second-order valence-electron chi connectivity index (χ2n) is 4.41. The van der Waals surface area contributed by atoms with Gasteiger partial charge in [-0.15, -0.1) is 0 Å². The van der Waals surface area contributed by atoms with Crippen molar-refractivity contribution < 1.29 is 9.90 Å². The number of urea groups is 1. The third-order valence-corrected chi connectivity index (χ3v) is 2.77. The van der Waals surface area contributed by atoms with Crippen LogP contribution in [0.15, 0.2) is 24.3 Å². The summed E-state index contributed by atoms with van der Waals surface area (Å²) in [7, 11) is 0. The predicted octanol–water partition coefficient (Wildman–Crippen LogP) is 1.60. The van der Waals surface area contributed by atoms with Gasteiger partial charge in [-0.1, -0.05) is 12.1 Å². The van der Waals surface area contributed by atoms with Crippen LogP contribution in [-0.2, 0) is 0 Å². The number of nitrogens with two attached hydrogens (primary N) is 1. The highest BCUT2D eigenvalue weighted by atomic mass is 16.3. The van der Waals surface area contributed by atoms with Crippen molar-refractivity contribution in [2.45, 2.75) is 32.4 Å². The number of carbonyl (C=O) groups excluding carboxylic acids is 1. The number of nitrogens with one attached hydrogen (secondary N) is 2. The molecule has 0 fully saturated rings. The van der Waals surface area contributed by atoms with Crippen molar-refractivity contribution in [3.63, 3.8) is 0 Å². The van der Waals surface area contributed by atoms with Gasteiger partial charge in [0.2, 0.25) is 0 Å². The maximum Gasteiger partial charge on any atom is 0.316 e. The van der Waals surface area contributed by atoms with Gasteiger partial charge < -0.3 is 21.5 Å². The minimum Gasteiger partial charge on any atom is -0.396 e. The van der Waals surface area contributed by atoms with Gasteiger partial charge in [0, 0.05) is 24.4 Å². The second kappa shape index (κ2) is 6.98. The van der Waals surface area contributed by atoms with E-state index in [4.69, 9.17) is 10.8 Å². The van der Waals surface area contributed by atoms with Crippen LogP contribution in [0.25, 0.3) is 0 Å². The molecule has 0 aliphatic heterocycles. The highest BCUT2D eigenvalue weighted by molar-refractivity contribution is 5.87. The van der Waals surface area contributed by atoms with Crippen LogP contribution >= 0.6 is 0 Å². The summed E-state index contributed by atoms with van der Waals surface area (Å²) in [5.41, 5.74) is 6.84. The van der Waals surface area contributed by atoms with Gasteiger partial charge in [0.1, 0.15) is 0 Å². The molecule has 100 valence electrons. The summed E-state index contributed by atoms with van der Waals surface area (Å²) in [6, 6.07) is 7.39. The third kappa shape index (κ3) is 4.73. The van der Waals surface area contributed by atoms with Crippen LogP contribution in [0, 0.1) is 0 Å². The van der Waals surface area contributed by atoms with Crippen molar-refractivity contribution >= 4 is 11.7 Å². The monoisotopic (exact) mass is 251 g/mol. The van der Waals surface area contributed by atoms with Crippen LogP contribution in [0.3, 0.4) is 0 Å². The maximum absolute atomic E-state index is 10.7. The van der Waals surface area contributed by atoms with Crippen LogP contribution in [0.1, 0.15) is 31.9 Å². The van der Waals surface area contributed by atoms with E-state index in [0.29, 0.717) is 5.69 Å². The molecular formula is C13H21N3O2. The lowest BCUT2D eigenvalue weighted by Crippen LogP contribution is -2.29. The minimum atomic E-state index is -0.564. The molecule has 1 aromatic rings. The number of aliphatic hydroxyl groups excluding tert-OH is 1. The average Bonchev–Trinajstić information content (AvgIpc) is 2.29. The lowest BCUT2D eigenvalue weighted by Gasteiger charge is -2.20. The van der Waals surface area contributed by atoms with Crippen LogP contribution < -0.4 is 16.4 Å². The Morgan fingerprint density at radius 1 is 1.33 bits per heavy atom. The summed E-state index contributed by atoms with van der Waals surface area (Å²) in [4.78, 5) is 10.7. The Labute approximate surface area is 107 Å². The topological polar surface area (TPSA) is 87.4 Å². The van der Waals surface area contributed by atoms with E-state index >= 15 is 0 Å². The summed E-state index contributed by atoms with van der Waals surface area (Å²) in [5.74, 6) is 0. The highest BCUT2D eigenvalue weighted by Gasteiger charge is 2.09. The van der Waals surface area contributed by atoms with Gasteiger partial charge in [-0.25, -0.2) is 4.79 Å². The lowest BCUT2D eigenvalue weighted by molar-refractivity contribution is 0.259. The van der Waals surface area contributed by atoms with Crippen molar-refractivity contribution in [1.29, 1.82) is 0 Å². The van der Waals surface area contributed by atoms with Gasteiger partial charge >= 0.3 is 6.03 Å². The quantitative estimate of drug-likeness (QED) is 0.619. The highest BCUT2D eigenvalue weighted by Crippen LogP contribution is 2.16. The van der Waals surface area contributed by atoms with E-state index in [-0.39, 0.29) is 18.7 Å². The number of aliphatic hydroxyl groups is 1. The molecule has 1 rings (SSSR count). The number of hydrogen-bond donors (Lipinski definition) is 4. The van der Waals surface area contributed by atoms with E-state index in [9.17, 15) is 4.79 Å². The largest absolute Gasteiger partial charge is 0.396 e. The van der Waals surface area contributed by atoms with Crippen molar-refractivity contribution in [2.24, 2.45) is 5.73 Å². The Kier molecular flexibility index (Phi) is 5.61.